The quantitative estimate of drug-likeness (QED) is 0.421. The van der Waals surface area contributed by atoms with Gasteiger partial charge in [-0.05, 0) is 28.6 Å². The Labute approximate surface area is 89.1 Å². The molecule has 0 aromatic carbocycles. The van der Waals surface area contributed by atoms with E-state index in [4.69, 9.17) is 5.21 Å². The van der Waals surface area contributed by atoms with E-state index in [1.54, 1.807) is 0 Å². The molecule has 3 nitrogen and oxygen atoms in total. The van der Waals surface area contributed by atoms with Gasteiger partial charge in [0.2, 0.25) is 4.74 Å². The molecule has 1 heterocycles. The second kappa shape index (κ2) is 3.17. The van der Waals surface area contributed by atoms with E-state index < -0.39 is 0 Å². The summed E-state index contributed by atoms with van der Waals surface area (Å²) in [4.78, 5) is 12.4. The fraction of sp³-hybridized carbons (Fsp3) is 0.556. The smallest absolute Gasteiger partial charge is 0.246 e. The minimum atomic E-state index is 0.0293. The van der Waals surface area contributed by atoms with Crippen LogP contribution in [0.5, 0.6) is 0 Å². The molecule has 0 radical (unpaired) electrons. The molecule has 0 spiro atoms. The first-order chi connectivity index (χ1) is 6.53. The predicted molar refractivity (Wildman–Crippen MR) is 58.9 cm³/mol. The highest BCUT2D eigenvalue weighted by Crippen LogP contribution is 2.36. The molecule has 0 unspecified atom stereocenters. The van der Waals surface area contributed by atoms with E-state index in [2.05, 4.69) is 19.0 Å². The van der Waals surface area contributed by atoms with Crippen molar-refractivity contribution in [3.05, 3.63) is 20.0 Å². The molecule has 1 N–H and O–H groups in total. The molecule has 0 saturated heterocycles. The molecular formula is C9H11NO2S2. The van der Waals surface area contributed by atoms with Crippen molar-refractivity contribution in [2.24, 2.45) is 10.6 Å². The Hall–Kier alpha value is -0.680. The molecule has 1 aromatic rings. The largest absolute Gasteiger partial charge is 0.411 e. The predicted octanol–water partition coefficient (Wildman–Crippen LogP) is 2.32. The van der Waals surface area contributed by atoms with Crippen molar-refractivity contribution in [1.29, 1.82) is 0 Å². The third-order valence-electron chi connectivity index (χ3n) is 2.41. The van der Waals surface area contributed by atoms with Crippen molar-refractivity contribution >= 4 is 26.4 Å². The summed E-state index contributed by atoms with van der Waals surface area (Å²) in [6.07, 6.45) is 1.53. The van der Waals surface area contributed by atoms with E-state index in [-0.39, 0.29) is 10.2 Å². The van der Waals surface area contributed by atoms with Gasteiger partial charge in [0.1, 0.15) is 0 Å². The third kappa shape index (κ3) is 1.50. The van der Waals surface area contributed by atoms with Crippen molar-refractivity contribution in [3.8, 4) is 0 Å². The van der Waals surface area contributed by atoms with Gasteiger partial charge in [-0.1, -0.05) is 29.3 Å². The second-order valence-electron chi connectivity index (χ2n) is 4.33. The lowest BCUT2D eigenvalue weighted by Crippen LogP contribution is -2.28. The Morgan fingerprint density at radius 1 is 1.36 bits per heavy atom. The first kappa shape index (κ1) is 9.86. The molecule has 0 bridgehead atoms. The second-order valence-corrected chi connectivity index (χ2v) is 6.44. The zero-order valence-corrected chi connectivity index (χ0v) is 9.67. The topological polar surface area (TPSA) is 49.7 Å². The van der Waals surface area contributed by atoms with Crippen molar-refractivity contribution in [3.63, 3.8) is 0 Å². The summed E-state index contributed by atoms with van der Waals surface area (Å²) < 4.78 is 0.124. The number of oxime groups is 1. The molecular weight excluding hydrogens is 218 g/mol. The molecule has 76 valence electrons. The maximum Gasteiger partial charge on any atom is 0.246 e. The normalized spacial score (nSPS) is 22.3. The summed E-state index contributed by atoms with van der Waals surface area (Å²) >= 11 is 0. The standard InChI is InChI=1S/C9H11NO2S2/c1-9(2)3-5-7(6(4-9)10-12)13-14-8(5)11/h12H,3-4H2,1-2H3/b10-6-. The van der Waals surface area contributed by atoms with Gasteiger partial charge < -0.3 is 5.21 Å². The van der Waals surface area contributed by atoms with Crippen LogP contribution in [0.25, 0.3) is 0 Å². The first-order valence-electron chi connectivity index (χ1n) is 4.37. The highest BCUT2D eigenvalue weighted by Gasteiger charge is 2.33. The highest BCUT2D eigenvalue weighted by molar-refractivity contribution is 7.69. The van der Waals surface area contributed by atoms with Crippen LogP contribution in [0.2, 0.25) is 0 Å². The minimum Gasteiger partial charge on any atom is -0.411 e. The maximum absolute atomic E-state index is 11.5. The van der Waals surface area contributed by atoms with Crippen LogP contribution >= 0.6 is 20.7 Å². The van der Waals surface area contributed by atoms with Gasteiger partial charge in [0, 0.05) is 5.56 Å². The number of hydrogen-bond acceptors (Lipinski definition) is 5. The van der Waals surface area contributed by atoms with Crippen LogP contribution in [0.4, 0.5) is 0 Å². The molecule has 0 aliphatic heterocycles. The maximum atomic E-state index is 11.5. The van der Waals surface area contributed by atoms with Gasteiger partial charge in [-0.2, -0.15) is 0 Å². The molecule has 2 rings (SSSR count). The van der Waals surface area contributed by atoms with Gasteiger partial charge in [-0.15, -0.1) is 0 Å². The summed E-state index contributed by atoms with van der Waals surface area (Å²) in [6, 6.07) is 0. The van der Waals surface area contributed by atoms with Crippen LogP contribution in [-0.2, 0) is 6.42 Å². The number of hydrogen-bond donors (Lipinski definition) is 1. The summed E-state index contributed by atoms with van der Waals surface area (Å²) in [5.74, 6) is 0. The van der Waals surface area contributed by atoms with Crippen LogP contribution in [-0.4, -0.2) is 10.9 Å². The SMILES string of the molecule is CC1(C)C/C(=N/O)c2ssc(=O)c2C1. The molecule has 1 aromatic heterocycles. The fourth-order valence-corrected chi connectivity index (χ4v) is 4.15. The van der Waals surface area contributed by atoms with Crippen molar-refractivity contribution in [1.82, 2.24) is 0 Å². The van der Waals surface area contributed by atoms with Gasteiger partial charge in [0.25, 0.3) is 0 Å². The van der Waals surface area contributed by atoms with E-state index in [1.165, 1.54) is 20.7 Å². The van der Waals surface area contributed by atoms with Gasteiger partial charge in [0.15, 0.2) is 0 Å². The van der Waals surface area contributed by atoms with Gasteiger partial charge in [0.05, 0.1) is 10.6 Å². The van der Waals surface area contributed by atoms with Crippen LogP contribution in [0.15, 0.2) is 9.95 Å². The van der Waals surface area contributed by atoms with E-state index in [1.807, 2.05) is 0 Å². The van der Waals surface area contributed by atoms with E-state index in [0.717, 1.165) is 23.3 Å². The Kier molecular flexibility index (Phi) is 2.23. The zero-order valence-electron chi connectivity index (χ0n) is 8.03. The summed E-state index contributed by atoms with van der Waals surface area (Å²) in [5, 5.41) is 12.2. The molecule has 1 aliphatic rings. The van der Waals surface area contributed by atoms with Crippen LogP contribution in [0.3, 0.4) is 0 Å². The van der Waals surface area contributed by atoms with Crippen molar-refractivity contribution in [2.75, 3.05) is 0 Å². The third-order valence-corrected chi connectivity index (χ3v) is 4.74. The summed E-state index contributed by atoms with van der Waals surface area (Å²) in [6.45, 7) is 4.17. The van der Waals surface area contributed by atoms with E-state index in [9.17, 15) is 4.79 Å². The lowest BCUT2D eigenvalue weighted by molar-refractivity contribution is 0.307. The Balaban J connectivity index is 2.60. The Morgan fingerprint density at radius 3 is 2.71 bits per heavy atom. The molecule has 5 heteroatoms. The Morgan fingerprint density at radius 2 is 2.07 bits per heavy atom. The molecule has 0 amide bonds. The molecule has 0 atom stereocenters. The molecule has 14 heavy (non-hydrogen) atoms. The van der Waals surface area contributed by atoms with Gasteiger partial charge in [-0.3, -0.25) is 4.79 Å². The summed E-state index contributed by atoms with van der Waals surface area (Å²) in [7, 11) is 2.66. The monoisotopic (exact) mass is 229 g/mol. The van der Waals surface area contributed by atoms with E-state index >= 15 is 0 Å². The van der Waals surface area contributed by atoms with Crippen LogP contribution < -0.4 is 4.74 Å². The lowest BCUT2D eigenvalue weighted by Gasteiger charge is -2.28. The average Bonchev–Trinajstić information content (AvgIpc) is 2.45. The minimum absolute atomic E-state index is 0.0293. The molecule has 0 fully saturated rings. The number of nitrogens with zero attached hydrogens (tertiary/aromatic N) is 1. The van der Waals surface area contributed by atoms with E-state index in [0.29, 0.717) is 5.71 Å². The highest BCUT2D eigenvalue weighted by atomic mass is 32.9. The fourth-order valence-electron chi connectivity index (χ4n) is 1.80. The number of rotatable bonds is 0. The van der Waals surface area contributed by atoms with Crippen molar-refractivity contribution < 1.29 is 5.21 Å². The number of fused-ring (bicyclic) bond motifs is 1. The zero-order chi connectivity index (χ0) is 10.3. The Bertz CT molecular complexity index is 442. The molecule has 0 saturated carbocycles. The van der Waals surface area contributed by atoms with Crippen molar-refractivity contribution in [2.45, 2.75) is 26.7 Å². The van der Waals surface area contributed by atoms with Crippen LogP contribution in [0.1, 0.15) is 30.7 Å². The van der Waals surface area contributed by atoms with Gasteiger partial charge in [-0.25, -0.2) is 0 Å². The average molecular weight is 229 g/mol. The van der Waals surface area contributed by atoms with Gasteiger partial charge >= 0.3 is 0 Å². The van der Waals surface area contributed by atoms with Crippen LogP contribution in [0, 0.1) is 5.41 Å². The lowest BCUT2D eigenvalue weighted by atomic mass is 9.76. The summed E-state index contributed by atoms with van der Waals surface area (Å²) in [5.41, 5.74) is 1.53. The first-order valence-corrected chi connectivity index (χ1v) is 6.52. The molecule has 1 aliphatic carbocycles.